The van der Waals surface area contributed by atoms with E-state index >= 15 is 0 Å². The molecule has 0 saturated carbocycles. The summed E-state index contributed by atoms with van der Waals surface area (Å²) < 4.78 is 19.0. The third-order valence-electron chi connectivity index (χ3n) is 6.84. The Hall–Kier alpha value is 0.0169. The molecule has 5 nitrogen and oxygen atoms in total. The van der Waals surface area contributed by atoms with Gasteiger partial charge in [-0.15, -0.1) is 0 Å². The molecule has 28 heavy (non-hydrogen) atoms. The minimum absolute atomic E-state index is 0.0302. The first-order chi connectivity index (χ1) is 12.6. The topological polar surface area (TPSA) is 68.2 Å². The SMILES string of the molecule is CC[C@@H]1COC(C)(C)O[C@@H]1C[C@@H](O[Si](C)(C)C(C)(C)C)[C@H](C)[C@H](O)[C@@H](C)CO. The highest BCUT2D eigenvalue weighted by molar-refractivity contribution is 6.74. The molecule has 1 fully saturated rings. The molecule has 0 spiro atoms. The van der Waals surface area contributed by atoms with Crippen LogP contribution in [0.3, 0.4) is 0 Å². The Morgan fingerprint density at radius 1 is 1.21 bits per heavy atom. The Kier molecular flexibility index (Phi) is 9.20. The van der Waals surface area contributed by atoms with Crippen molar-refractivity contribution in [1.82, 2.24) is 0 Å². The number of hydrogen-bond acceptors (Lipinski definition) is 5. The van der Waals surface area contributed by atoms with Crippen molar-refractivity contribution in [3.05, 3.63) is 0 Å². The van der Waals surface area contributed by atoms with Crippen LogP contribution in [-0.4, -0.2) is 55.8 Å². The third kappa shape index (κ3) is 6.78. The summed E-state index contributed by atoms with van der Waals surface area (Å²) in [6.07, 6.45) is 0.999. The molecule has 6 atom stereocenters. The molecule has 0 aromatic carbocycles. The highest BCUT2D eigenvalue weighted by Gasteiger charge is 2.44. The normalized spacial score (nSPS) is 27.9. The molecule has 2 N–H and O–H groups in total. The molecule has 1 aliphatic heterocycles. The maximum Gasteiger partial charge on any atom is 0.192 e. The lowest BCUT2D eigenvalue weighted by atomic mass is 9.84. The first kappa shape index (κ1) is 26.1. The van der Waals surface area contributed by atoms with E-state index in [4.69, 9.17) is 13.9 Å². The minimum atomic E-state index is -2.03. The van der Waals surface area contributed by atoms with E-state index in [0.29, 0.717) is 12.5 Å². The van der Waals surface area contributed by atoms with Gasteiger partial charge in [-0.3, -0.25) is 0 Å². The first-order valence-corrected chi connectivity index (χ1v) is 13.8. The van der Waals surface area contributed by atoms with Crippen molar-refractivity contribution in [2.24, 2.45) is 17.8 Å². The van der Waals surface area contributed by atoms with Gasteiger partial charge < -0.3 is 24.1 Å². The van der Waals surface area contributed by atoms with Gasteiger partial charge in [-0.05, 0) is 44.8 Å². The zero-order valence-corrected chi connectivity index (χ0v) is 20.9. The summed E-state index contributed by atoms with van der Waals surface area (Å²) in [6, 6.07) is 0. The molecule has 6 heteroatoms. The molecule has 0 bridgehead atoms. The Bertz CT molecular complexity index is 474. The zero-order valence-electron chi connectivity index (χ0n) is 19.9. The number of hydrogen-bond donors (Lipinski definition) is 2. The molecule has 0 aromatic heterocycles. The summed E-state index contributed by atoms with van der Waals surface area (Å²) in [5.41, 5.74) is 0. The van der Waals surface area contributed by atoms with Crippen LogP contribution >= 0.6 is 0 Å². The molecular formula is C22H46O5Si. The van der Waals surface area contributed by atoms with Crippen LogP contribution in [0, 0.1) is 17.8 Å². The highest BCUT2D eigenvalue weighted by Crippen LogP contribution is 2.40. The van der Waals surface area contributed by atoms with Gasteiger partial charge in [-0.1, -0.05) is 41.5 Å². The average molecular weight is 419 g/mol. The van der Waals surface area contributed by atoms with Crippen LogP contribution in [0.25, 0.3) is 0 Å². The van der Waals surface area contributed by atoms with Crippen LogP contribution in [0.1, 0.15) is 68.2 Å². The number of aliphatic hydroxyl groups is 2. The Labute approximate surface area is 174 Å². The summed E-state index contributed by atoms with van der Waals surface area (Å²) in [4.78, 5) is 0. The summed E-state index contributed by atoms with van der Waals surface area (Å²) in [5, 5.41) is 20.4. The van der Waals surface area contributed by atoms with Crippen molar-refractivity contribution in [1.29, 1.82) is 0 Å². The summed E-state index contributed by atoms with van der Waals surface area (Å²) >= 11 is 0. The fraction of sp³-hybridized carbons (Fsp3) is 1.00. The van der Waals surface area contributed by atoms with Crippen LogP contribution in [0.5, 0.6) is 0 Å². The second-order valence-electron chi connectivity index (χ2n) is 10.7. The fourth-order valence-corrected chi connectivity index (χ4v) is 4.95. The maximum absolute atomic E-state index is 10.8. The summed E-state index contributed by atoms with van der Waals surface area (Å²) in [6.45, 7) is 21.9. The lowest BCUT2D eigenvalue weighted by molar-refractivity contribution is -0.297. The van der Waals surface area contributed by atoms with Gasteiger partial charge in [0.05, 0.1) is 24.9 Å². The standard InChI is InChI=1S/C22H46O5Si/c1-11-17-14-25-22(7,8)26-19(17)12-18(16(3)20(24)15(2)13-23)27-28(9,10)21(4,5)6/h15-20,23-24H,11-14H2,1-10H3/t15-,16-,17+,18+,19+,20+/m0/s1. The van der Waals surface area contributed by atoms with E-state index in [-0.39, 0.29) is 35.7 Å². The molecule has 0 amide bonds. The molecule has 0 unspecified atom stereocenters. The molecule has 1 heterocycles. The molecule has 1 aliphatic rings. The summed E-state index contributed by atoms with van der Waals surface area (Å²) in [7, 11) is -2.03. The quantitative estimate of drug-likeness (QED) is 0.537. The van der Waals surface area contributed by atoms with Crippen LogP contribution in [0.2, 0.25) is 18.1 Å². The van der Waals surface area contributed by atoms with Gasteiger partial charge in [0.15, 0.2) is 14.1 Å². The lowest BCUT2D eigenvalue weighted by Gasteiger charge is -2.46. The molecular weight excluding hydrogens is 372 g/mol. The second kappa shape index (κ2) is 9.88. The average Bonchev–Trinajstić information content (AvgIpc) is 2.57. The third-order valence-corrected chi connectivity index (χ3v) is 11.3. The number of rotatable bonds is 9. The lowest BCUT2D eigenvalue weighted by Crippen LogP contribution is -2.52. The molecule has 1 rings (SSSR count). The van der Waals surface area contributed by atoms with Crippen molar-refractivity contribution in [2.75, 3.05) is 13.2 Å². The van der Waals surface area contributed by atoms with Crippen molar-refractivity contribution >= 4 is 8.32 Å². The maximum atomic E-state index is 10.8. The second-order valence-corrected chi connectivity index (χ2v) is 15.5. The zero-order chi connectivity index (χ0) is 21.9. The Balaban J connectivity index is 3.11. The molecule has 0 aromatic rings. The number of ether oxygens (including phenoxy) is 2. The van der Waals surface area contributed by atoms with Crippen LogP contribution in [-0.2, 0) is 13.9 Å². The van der Waals surface area contributed by atoms with Crippen molar-refractivity contribution < 1.29 is 24.1 Å². The van der Waals surface area contributed by atoms with Crippen molar-refractivity contribution in [3.63, 3.8) is 0 Å². The van der Waals surface area contributed by atoms with Crippen molar-refractivity contribution in [3.8, 4) is 0 Å². The Morgan fingerprint density at radius 3 is 2.25 bits per heavy atom. The van der Waals surface area contributed by atoms with Gasteiger partial charge in [0.2, 0.25) is 0 Å². The van der Waals surface area contributed by atoms with Crippen LogP contribution < -0.4 is 0 Å². The van der Waals surface area contributed by atoms with E-state index in [1.807, 2.05) is 27.7 Å². The number of aliphatic hydroxyl groups excluding tert-OH is 2. The van der Waals surface area contributed by atoms with Gasteiger partial charge in [0.25, 0.3) is 0 Å². The molecule has 0 aliphatic carbocycles. The smallest absolute Gasteiger partial charge is 0.192 e. The fourth-order valence-electron chi connectivity index (χ4n) is 3.53. The van der Waals surface area contributed by atoms with Gasteiger partial charge in [0.1, 0.15) is 0 Å². The minimum Gasteiger partial charge on any atom is -0.413 e. The van der Waals surface area contributed by atoms with E-state index in [2.05, 4.69) is 40.8 Å². The van der Waals surface area contributed by atoms with Gasteiger partial charge in [-0.25, -0.2) is 0 Å². The van der Waals surface area contributed by atoms with E-state index in [0.717, 1.165) is 12.8 Å². The van der Waals surface area contributed by atoms with E-state index in [9.17, 15) is 10.2 Å². The molecule has 1 saturated heterocycles. The largest absolute Gasteiger partial charge is 0.413 e. The predicted octanol–water partition coefficient (Wildman–Crippen LogP) is 4.57. The van der Waals surface area contributed by atoms with Gasteiger partial charge in [-0.2, -0.15) is 0 Å². The monoisotopic (exact) mass is 418 g/mol. The predicted molar refractivity (Wildman–Crippen MR) is 117 cm³/mol. The summed E-state index contributed by atoms with van der Waals surface area (Å²) in [5.74, 6) is -0.561. The molecule has 0 radical (unpaired) electrons. The van der Waals surface area contributed by atoms with Crippen LogP contribution in [0.4, 0.5) is 0 Å². The van der Waals surface area contributed by atoms with Gasteiger partial charge in [0, 0.05) is 24.4 Å². The van der Waals surface area contributed by atoms with E-state index in [1.54, 1.807) is 0 Å². The highest BCUT2D eigenvalue weighted by atomic mass is 28.4. The van der Waals surface area contributed by atoms with Crippen LogP contribution in [0.15, 0.2) is 0 Å². The van der Waals surface area contributed by atoms with E-state index < -0.39 is 20.2 Å². The molecule has 168 valence electrons. The van der Waals surface area contributed by atoms with E-state index in [1.165, 1.54) is 0 Å². The Morgan fingerprint density at radius 2 is 1.79 bits per heavy atom. The first-order valence-electron chi connectivity index (χ1n) is 10.9. The van der Waals surface area contributed by atoms with Gasteiger partial charge >= 0.3 is 0 Å². The van der Waals surface area contributed by atoms with Crippen molar-refractivity contribution in [2.45, 2.75) is 110 Å².